The predicted molar refractivity (Wildman–Crippen MR) is 90.1 cm³/mol. The summed E-state index contributed by atoms with van der Waals surface area (Å²) in [4.78, 5) is 4.97. The van der Waals surface area contributed by atoms with Crippen molar-refractivity contribution in [2.75, 3.05) is 37.6 Å². The third kappa shape index (κ3) is 3.91. The van der Waals surface area contributed by atoms with E-state index >= 15 is 0 Å². The number of benzene rings is 1. The molecule has 1 aromatic rings. The maximum absolute atomic E-state index is 6.58. The van der Waals surface area contributed by atoms with Gasteiger partial charge in [0.1, 0.15) is 0 Å². The summed E-state index contributed by atoms with van der Waals surface area (Å²) in [5.74, 6) is 0. The highest BCUT2D eigenvalue weighted by Gasteiger charge is 2.30. The van der Waals surface area contributed by atoms with Crippen LogP contribution in [0.25, 0.3) is 0 Å². The second-order valence-corrected chi connectivity index (χ2v) is 7.10. The number of piperazine rings is 1. The van der Waals surface area contributed by atoms with Crippen molar-refractivity contribution in [1.82, 2.24) is 4.90 Å². The lowest BCUT2D eigenvalue weighted by molar-refractivity contribution is 0.165. The highest BCUT2D eigenvalue weighted by Crippen LogP contribution is 2.27. The molecule has 21 heavy (non-hydrogen) atoms. The zero-order valence-corrected chi connectivity index (χ0v) is 13.5. The molecule has 0 spiro atoms. The van der Waals surface area contributed by atoms with E-state index in [0.717, 1.165) is 37.7 Å². The molecule has 2 N–H and O–H groups in total. The predicted octanol–water partition coefficient (Wildman–Crippen LogP) is 3.12. The van der Waals surface area contributed by atoms with Crippen LogP contribution in [0, 0.1) is 0 Å². The van der Waals surface area contributed by atoms with Crippen molar-refractivity contribution in [3.05, 3.63) is 29.3 Å². The lowest BCUT2D eigenvalue weighted by Gasteiger charge is -2.42. The van der Waals surface area contributed by atoms with Crippen molar-refractivity contribution in [3.8, 4) is 0 Å². The van der Waals surface area contributed by atoms with Gasteiger partial charge in [-0.1, -0.05) is 36.9 Å². The van der Waals surface area contributed by atoms with Crippen LogP contribution in [-0.2, 0) is 0 Å². The molecule has 1 aliphatic heterocycles. The van der Waals surface area contributed by atoms with Crippen molar-refractivity contribution >= 4 is 17.3 Å². The maximum Gasteiger partial charge on any atom is 0.0426 e. The van der Waals surface area contributed by atoms with E-state index in [2.05, 4.69) is 21.9 Å². The van der Waals surface area contributed by atoms with E-state index in [1.807, 2.05) is 12.1 Å². The fourth-order valence-electron chi connectivity index (χ4n) is 3.70. The average Bonchev–Trinajstić information content (AvgIpc) is 2.48. The molecule has 1 aliphatic carbocycles. The van der Waals surface area contributed by atoms with Gasteiger partial charge in [-0.2, -0.15) is 0 Å². The van der Waals surface area contributed by atoms with E-state index in [1.54, 1.807) is 0 Å². The van der Waals surface area contributed by atoms with Gasteiger partial charge >= 0.3 is 0 Å². The molecule has 0 atom stereocenters. The Balaban J connectivity index is 1.53. The Kier molecular flexibility index (Phi) is 4.72. The molecule has 0 bridgehead atoms. The van der Waals surface area contributed by atoms with Crippen LogP contribution in [0.5, 0.6) is 0 Å². The zero-order chi connectivity index (χ0) is 14.7. The first-order chi connectivity index (χ1) is 10.1. The Morgan fingerprint density at radius 1 is 1.05 bits per heavy atom. The second kappa shape index (κ2) is 6.55. The van der Waals surface area contributed by atoms with Crippen LogP contribution in [0.15, 0.2) is 24.3 Å². The van der Waals surface area contributed by atoms with Gasteiger partial charge in [-0.3, -0.25) is 4.90 Å². The number of anilines is 1. The largest absolute Gasteiger partial charge is 0.369 e. The van der Waals surface area contributed by atoms with E-state index in [0.29, 0.717) is 0 Å². The monoisotopic (exact) mass is 307 g/mol. The van der Waals surface area contributed by atoms with Crippen LogP contribution in [-0.4, -0.2) is 43.2 Å². The van der Waals surface area contributed by atoms with Gasteiger partial charge in [0.05, 0.1) is 0 Å². The molecule has 0 amide bonds. The maximum atomic E-state index is 6.58. The SMILES string of the molecule is NC1(CN2CCN(c3cccc(Cl)c3)CC2)CCCCC1. The quantitative estimate of drug-likeness (QED) is 0.931. The Hall–Kier alpha value is -0.770. The summed E-state index contributed by atoms with van der Waals surface area (Å²) < 4.78 is 0. The summed E-state index contributed by atoms with van der Waals surface area (Å²) in [7, 11) is 0. The first-order valence-corrected chi connectivity index (χ1v) is 8.54. The lowest BCUT2D eigenvalue weighted by atomic mass is 9.82. The highest BCUT2D eigenvalue weighted by molar-refractivity contribution is 6.30. The van der Waals surface area contributed by atoms with E-state index in [9.17, 15) is 0 Å². The Bertz CT molecular complexity index is 463. The minimum atomic E-state index is 0.0659. The van der Waals surface area contributed by atoms with Crippen molar-refractivity contribution in [3.63, 3.8) is 0 Å². The molecular formula is C17H26ClN3. The average molecular weight is 308 g/mol. The minimum Gasteiger partial charge on any atom is -0.369 e. The summed E-state index contributed by atoms with van der Waals surface area (Å²) >= 11 is 6.09. The molecule has 4 heteroatoms. The van der Waals surface area contributed by atoms with Crippen molar-refractivity contribution in [2.45, 2.75) is 37.6 Å². The molecule has 0 aromatic heterocycles. The molecule has 1 saturated carbocycles. The Labute approximate surface area is 133 Å². The number of rotatable bonds is 3. The molecule has 0 unspecified atom stereocenters. The summed E-state index contributed by atoms with van der Waals surface area (Å²) in [6.45, 7) is 5.40. The molecule has 2 fully saturated rings. The van der Waals surface area contributed by atoms with Gasteiger partial charge in [-0.15, -0.1) is 0 Å². The van der Waals surface area contributed by atoms with Crippen molar-refractivity contribution in [1.29, 1.82) is 0 Å². The topological polar surface area (TPSA) is 32.5 Å². The van der Waals surface area contributed by atoms with E-state index in [1.165, 1.54) is 37.8 Å². The van der Waals surface area contributed by atoms with Crippen LogP contribution in [0.4, 0.5) is 5.69 Å². The molecule has 1 saturated heterocycles. The van der Waals surface area contributed by atoms with Gasteiger partial charge in [-0.05, 0) is 31.0 Å². The normalized spacial score (nSPS) is 23.2. The molecule has 3 nitrogen and oxygen atoms in total. The zero-order valence-electron chi connectivity index (χ0n) is 12.7. The summed E-state index contributed by atoms with van der Waals surface area (Å²) in [5, 5.41) is 0.818. The number of hydrogen-bond donors (Lipinski definition) is 1. The highest BCUT2D eigenvalue weighted by atomic mass is 35.5. The molecule has 1 aromatic carbocycles. The third-order valence-electron chi connectivity index (χ3n) is 4.93. The number of nitrogens with two attached hydrogens (primary N) is 1. The number of halogens is 1. The van der Waals surface area contributed by atoms with Gasteiger partial charge in [-0.25, -0.2) is 0 Å². The molecule has 3 rings (SSSR count). The van der Waals surface area contributed by atoms with Gasteiger partial charge in [0, 0.05) is 49.0 Å². The Morgan fingerprint density at radius 2 is 1.76 bits per heavy atom. The van der Waals surface area contributed by atoms with Crippen molar-refractivity contribution < 1.29 is 0 Å². The van der Waals surface area contributed by atoms with E-state index in [-0.39, 0.29) is 5.54 Å². The number of hydrogen-bond acceptors (Lipinski definition) is 3. The van der Waals surface area contributed by atoms with Crippen LogP contribution in [0.1, 0.15) is 32.1 Å². The summed E-state index contributed by atoms with van der Waals surface area (Å²) in [5.41, 5.74) is 7.89. The standard InChI is InChI=1S/C17H26ClN3/c18-15-5-4-6-16(13-15)21-11-9-20(10-12-21)14-17(19)7-2-1-3-8-17/h4-6,13H,1-3,7-12,14,19H2. The lowest BCUT2D eigenvalue weighted by Crippen LogP contribution is -2.56. The van der Waals surface area contributed by atoms with Gasteiger partial charge in [0.2, 0.25) is 0 Å². The molecule has 0 radical (unpaired) electrons. The fraction of sp³-hybridized carbons (Fsp3) is 0.647. The van der Waals surface area contributed by atoms with Crippen molar-refractivity contribution in [2.24, 2.45) is 5.73 Å². The number of nitrogens with zero attached hydrogens (tertiary/aromatic N) is 2. The van der Waals surface area contributed by atoms with E-state index < -0.39 is 0 Å². The van der Waals surface area contributed by atoms with E-state index in [4.69, 9.17) is 17.3 Å². The van der Waals surface area contributed by atoms with Crippen LogP contribution in [0.3, 0.4) is 0 Å². The second-order valence-electron chi connectivity index (χ2n) is 6.67. The Morgan fingerprint density at radius 3 is 2.43 bits per heavy atom. The van der Waals surface area contributed by atoms with Gasteiger partial charge in [0.15, 0.2) is 0 Å². The smallest absolute Gasteiger partial charge is 0.0426 e. The van der Waals surface area contributed by atoms with Crippen LogP contribution >= 0.6 is 11.6 Å². The summed E-state index contributed by atoms with van der Waals surface area (Å²) in [6, 6.07) is 8.17. The molecular weight excluding hydrogens is 282 g/mol. The van der Waals surface area contributed by atoms with Crippen LogP contribution in [0.2, 0.25) is 5.02 Å². The summed E-state index contributed by atoms with van der Waals surface area (Å²) in [6.07, 6.45) is 6.36. The fourth-order valence-corrected chi connectivity index (χ4v) is 3.88. The minimum absolute atomic E-state index is 0.0659. The molecule has 1 heterocycles. The van der Waals surface area contributed by atoms with Gasteiger partial charge < -0.3 is 10.6 Å². The first-order valence-electron chi connectivity index (χ1n) is 8.16. The van der Waals surface area contributed by atoms with Gasteiger partial charge in [0.25, 0.3) is 0 Å². The van der Waals surface area contributed by atoms with Crippen LogP contribution < -0.4 is 10.6 Å². The molecule has 2 aliphatic rings. The molecule has 116 valence electrons. The third-order valence-corrected chi connectivity index (χ3v) is 5.17. The first kappa shape index (κ1) is 15.1.